The summed E-state index contributed by atoms with van der Waals surface area (Å²) in [5, 5.41) is 3.00. The van der Waals surface area contributed by atoms with E-state index in [0.717, 1.165) is 26.1 Å². The number of anilines is 1. The molecule has 2 saturated heterocycles. The molecule has 2 heterocycles. The standard InChI is InChI=1S/C22H33N3O5/c1-15-12-24(13-16(2)30-15)9-5-8-23-22(27)17-10-21(26)25(14-17)19-11-18(28-3)6-7-20(19)29-4/h6-7,11,15-17H,5,8-10,12-14H2,1-4H3,(H,23,27). The molecule has 1 aromatic rings. The first-order chi connectivity index (χ1) is 14.4. The zero-order valence-electron chi connectivity index (χ0n) is 18.3. The van der Waals surface area contributed by atoms with Crippen LogP contribution in [0.3, 0.4) is 0 Å². The van der Waals surface area contributed by atoms with Crippen molar-refractivity contribution in [2.45, 2.75) is 38.9 Å². The van der Waals surface area contributed by atoms with E-state index in [4.69, 9.17) is 14.2 Å². The summed E-state index contributed by atoms with van der Waals surface area (Å²) in [6.45, 7) is 7.89. The second-order valence-corrected chi connectivity index (χ2v) is 8.10. The third-order valence-electron chi connectivity index (χ3n) is 5.62. The molecule has 8 heteroatoms. The predicted molar refractivity (Wildman–Crippen MR) is 114 cm³/mol. The Morgan fingerprint density at radius 3 is 2.57 bits per heavy atom. The Balaban J connectivity index is 1.49. The Kier molecular flexibility index (Phi) is 7.55. The van der Waals surface area contributed by atoms with Crippen LogP contribution in [0.1, 0.15) is 26.7 Å². The minimum atomic E-state index is -0.364. The van der Waals surface area contributed by atoms with Crippen molar-refractivity contribution in [3.05, 3.63) is 18.2 Å². The molecule has 1 aromatic carbocycles. The molecule has 3 rings (SSSR count). The third kappa shape index (κ3) is 5.43. The van der Waals surface area contributed by atoms with E-state index in [-0.39, 0.29) is 36.4 Å². The molecule has 2 aliphatic rings. The van der Waals surface area contributed by atoms with Crippen LogP contribution in [-0.4, -0.2) is 75.9 Å². The fraction of sp³-hybridized carbons (Fsp3) is 0.636. The van der Waals surface area contributed by atoms with Crippen LogP contribution in [0.2, 0.25) is 0 Å². The van der Waals surface area contributed by atoms with Crippen LogP contribution in [0.5, 0.6) is 11.5 Å². The first-order valence-corrected chi connectivity index (χ1v) is 10.6. The summed E-state index contributed by atoms with van der Waals surface area (Å²) >= 11 is 0. The van der Waals surface area contributed by atoms with Gasteiger partial charge < -0.3 is 24.4 Å². The molecule has 3 unspecified atom stereocenters. The predicted octanol–water partition coefficient (Wildman–Crippen LogP) is 1.67. The molecule has 2 amide bonds. The number of methoxy groups -OCH3 is 2. The van der Waals surface area contributed by atoms with E-state index in [2.05, 4.69) is 24.1 Å². The van der Waals surface area contributed by atoms with Gasteiger partial charge in [-0.15, -0.1) is 0 Å². The number of benzene rings is 1. The number of ether oxygens (including phenoxy) is 3. The molecular weight excluding hydrogens is 386 g/mol. The van der Waals surface area contributed by atoms with Crippen molar-refractivity contribution in [2.75, 3.05) is 51.8 Å². The van der Waals surface area contributed by atoms with Gasteiger partial charge in [0.05, 0.1) is 38.0 Å². The van der Waals surface area contributed by atoms with E-state index in [1.165, 1.54) is 0 Å². The van der Waals surface area contributed by atoms with E-state index >= 15 is 0 Å². The van der Waals surface area contributed by atoms with Gasteiger partial charge in [0.2, 0.25) is 11.8 Å². The molecule has 1 N–H and O–H groups in total. The van der Waals surface area contributed by atoms with Crippen LogP contribution >= 0.6 is 0 Å². The lowest BCUT2D eigenvalue weighted by Gasteiger charge is -2.35. The number of nitrogens with one attached hydrogen (secondary N) is 1. The molecule has 166 valence electrons. The highest BCUT2D eigenvalue weighted by Gasteiger charge is 2.36. The second-order valence-electron chi connectivity index (χ2n) is 8.10. The quantitative estimate of drug-likeness (QED) is 0.646. The van der Waals surface area contributed by atoms with Gasteiger partial charge in [0.15, 0.2) is 0 Å². The van der Waals surface area contributed by atoms with Gasteiger partial charge >= 0.3 is 0 Å². The first-order valence-electron chi connectivity index (χ1n) is 10.6. The number of hydrogen-bond acceptors (Lipinski definition) is 6. The number of morpholine rings is 1. The maximum atomic E-state index is 12.6. The summed E-state index contributed by atoms with van der Waals surface area (Å²) in [6.07, 6.45) is 1.56. The van der Waals surface area contributed by atoms with Crippen molar-refractivity contribution in [3.63, 3.8) is 0 Å². The van der Waals surface area contributed by atoms with Crippen molar-refractivity contribution in [3.8, 4) is 11.5 Å². The largest absolute Gasteiger partial charge is 0.497 e. The molecule has 3 atom stereocenters. The maximum absolute atomic E-state index is 12.6. The van der Waals surface area contributed by atoms with Crippen LogP contribution in [0.25, 0.3) is 0 Å². The van der Waals surface area contributed by atoms with E-state index < -0.39 is 0 Å². The summed E-state index contributed by atoms with van der Waals surface area (Å²) in [7, 11) is 3.14. The summed E-state index contributed by atoms with van der Waals surface area (Å²) in [5.41, 5.74) is 0.632. The van der Waals surface area contributed by atoms with Gasteiger partial charge in [0.25, 0.3) is 0 Å². The number of carbonyl (C=O) groups is 2. The van der Waals surface area contributed by atoms with E-state index in [9.17, 15) is 9.59 Å². The summed E-state index contributed by atoms with van der Waals surface area (Å²) in [5.74, 6) is 0.698. The Morgan fingerprint density at radius 2 is 1.90 bits per heavy atom. The zero-order valence-corrected chi connectivity index (χ0v) is 18.3. The molecule has 2 aliphatic heterocycles. The molecule has 0 radical (unpaired) electrons. The normalized spacial score (nSPS) is 24.7. The average molecular weight is 420 g/mol. The highest BCUT2D eigenvalue weighted by atomic mass is 16.5. The van der Waals surface area contributed by atoms with Crippen molar-refractivity contribution in [1.82, 2.24) is 10.2 Å². The number of rotatable bonds is 8. The van der Waals surface area contributed by atoms with Gasteiger partial charge in [0, 0.05) is 45.2 Å². The summed E-state index contributed by atoms with van der Waals surface area (Å²) < 4.78 is 16.4. The van der Waals surface area contributed by atoms with Crippen LogP contribution in [-0.2, 0) is 14.3 Å². The molecular formula is C22H33N3O5. The summed E-state index contributed by atoms with van der Waals surface area (Å²) in [4.78, 5) is 29.2. The van der Waals surface area contributed by atoms with Crippen LogP contribution in [0, 0.1) is 5.92 Å². The van der Waals surface area contributed by atoms with Crippen molar-refractivity contribution in [1.29, 1.82) is 0 Å². The fourth-order valence-corrected chi connectivity index (χ4v) is 4.25. The Bertz CT molecular complexity index is 746. The molecule has 30 heavy (non-hydrogen) atoms. The van der Waals surface area contributed by atoms with Gasteiger partial charge in [0.1, 0.15) is 11.5 Å². The fourth-order valence-electron chi connectivity index (χ4n) is 4.25. The minimum absolute atomic E-state index is 0.0728. The number of carbonyl (C=O) groups excluding carboxylic acids is 2. The highest BCUT2D eigenvalue weighted by molar-refractivity contribution is 6.01. The van der Waals surface area contributed by atoms with E-state index in [1.54, 1.807) is 37.3 Å². The Hall–Kier alpha value is -2.32. The molecule has 8 nitrogen and oxygen atoms in total. The van der Waals surface area contributed by atoms with E-state index in [1.807, 2.05) is 0 Å². The SMILES string of the molecule is COc1ccc(OC)c(N2CC(C(=O)NCCCN3CC(C)OC(C)C3)CC2=O)c1. The first kappa shape index (κ1) is 22.4. The highest BCUT2D eigenvalue weighted by Crippen LogP contribution is 2.36. The van der Waals surface area contributed by atoms with Gasteiger partial charge in [-0.3, -0.25) is 14.5 Å². The second kappa shape index (κ2) is 10.1. The number of amides is 2. The third-order valence-corrected chi connectivity index (χ3v) is 5.62. The number of hydrogen-bond donors (Lipinski definition) is 1. The summed E-state index contributed by atoms with van der Waals surface area (Å²) in [6, 6.07) is 5.31. The molecule has 0 aliphatic carbocycles. The molecule has 0 saturated carbocycles. The van der Waals surface area contributed by atoms with Crippen molar-refractivity contribution in [2.24, 2.45) is 5.92 Å². The van der Waals surface area contributed by atoms with Crippen molar-refractivity contribution < 1.29 is 23.8 Å². The maximum Gasteiger partial charge on any atom is 0.227 e. The van der Waals surface area contributed by atoms with Crippen LogP contribution in [0.4, 0.5) is 5.69 Å². The average Bonchev–Trinajstić information content (AvgIpc) is 3.11. The zero-order chi connectivity index (χ0) is 21.7. The minimum Gasteiger partial charge on any atom is -0.497 e. The lowest BCUT2D eigenvalue weighted by Crippen LogP contribution is -2.46. The Morgan fingerprint density at radius 1 is 1.17 bits per heavy atom. The van der Waals surface area contributed by atoms with Crippen LogP contribution in [0.15, 0.2) is 18.2 Å². The van der Waals surface area contributed by atoms with E-state index in [0.29, 0.717) is 30.3 Å². The van der Waals surface area contributed by atoms with Crippen LogP contribution < -0.4 is 19.7 Å². The van der Waals surface area contributed by atoms with Gasteiger partial charge in [-0.2, -0.15) is 0 Å². The van der Waals surface area contributed by atoms with Gasteiger partial charge in [-0.1, -0.05) is 0 Å². The topological polar surface area (TPSA) is 80.3 Å². The molecule has 0 spiro atoms. The lowest BCUT2D eigenvalue weighted by molar-refractivity contribution is -0.126. The lowest BCUT2D eigenvalue weighted by atomic mass is 10.1. The van der Waals surface area contributed by atoms with Gasteiger partial charge in [-0.05, 0) is 32.4 Å². The molecule has 0 bridgehead atoms. The molecule has 0 aromatic heterocycles. The van der Waals surface area contributed by atoms with Gasteiger partial charge in [-0.25, -0.2) is 0 Å². The molecule has 2 fully saturated rings. The monoisotopic (exact) mass is 419 g/mol. The smallest absolute Gasteiger partial charge is 0.227 e. The Labute approximate surface area is 178 Å². The van der Waals surface area contributed by atoms with Crippen molar-refractivity contribution >= 4 is 17.5 Å². The number of nitrogens with zero attached hydrogens (tertiary/aromatic N) is 2.